The molecule has 0 aliphatic heterocycles. The van der Waals surface area contributed by atoms with Gasteiger partial charge in [0.05, 0.1) is 0 Å². The Labute approximate surface area is 260 Å². The van der Waals surface area contributed by atoms with Crippen LogP contribution in [0.4, 0.5) is 0 Å². The molecule has 9 rings (SSSR count). The molecule has 0 radical (unpaired) electrons. The monoisotopic (exact) mass is 577 g/mol. The third kappa shape index (κ3) is 4.42. The molecule has 8 aromatic rings. The first kappa shape index (κ1) is 25.6. The maximum absolute atomic E-state index is 6.19. The number of aromatic nitrogens is 3. The quantitative estimate of drug-likeness (QED) is 0.195. The number of hydrogen-bond donors (Lipinski definition) is 0. The molecular formula is C41H27N3O. The summed E-state index contributed by atoms with van der Waals surface area (Å²) in [6.07, 6.45) is 8.51. The normalized spacial score (nSPS) is 13.2. The van der Waals surface area contributed by atoms with Gasteiger partial charge in [-0.25, -0.2) is 15.0 Å². The number of allylic oxidation sites excluding steroid dienone is 4. The molecule has 0 amide bonds. The molecule has 212 valence electrons. The fourth-order valence-electron chi connectivity index (χ4n) is 6.49. The zero-order chi connectivity index (χ0) is 29.7. The smallest absolute Gasteiger partial charge is 0.164 e. The van der Waals surface area contributed by atoms with E-state index >= 15 is 0 Å². The molecule has 0 spiro atoms. The second kappa shape index (κ2) is 10.4. The highest BCUT2D eigenvalue weighted by atomic mass is 16.3. The number of fused-ring (bicyclic) bond motifs is 6. The van der Waals surface area contributed by atoms with E-state index in [-0.39, 0.29) is 0 Å². The number of benzene rings is 6. The lowest BCUT2D eigenvalue weighted by Gasteiger charge is -2.12. The number of hydrogen-bond acceptors (Lipinski definition) is 4. The van der Waals surface area contributed by atoms with E-state index in [1.54, 1.807) is 0 Å². The number of furan rings is 1. The molecule has 4 heteroatoms. The standard InChI is InChI=1S/C41H27N3O/c1-2-10-29(11-3-1)39-42-40(44-41(43-39)34-14-8-16-37-38(34)33-13-6-7-15-36(33)45-37)30-22-17-26(18-23-30)31-24-21-28-20-19-27-9-4-5-12-32(27)35(28)25-31/h2,4-25H,1,3H2. The Hall–Kier alpha value is -5.87. The van der Waals surface area contributed by atoms with Gasteiger partial charge in [0, 0.05) is 27.5 Å². The van der Waals surface area contributed by atoms with Gasteiger partial charge in [-0.2, -0.15) is 0 Å². The van der Waals surface area contributed by atoms with Gasteiger partial charge in [-0.1, -0.05) is 121 Å². The van der Waals surface area contributed by atoms with Crippen LogP contribution in [0.1, 0.15) is 18.7 Å². The Morgan fingerprint density at radius 2 is 1.18 bits per heavy atom. The van der Waals surface area contributed by atoms with E-state index < -0.39 is 0 Å². The molecule has 0 N–H and O–H groups in total. The lowest BCUT2D eigenvalue weighted by Crippen LogP contribution is -2.03. The summed E-state index contributed by atoms with van der Waals surface area (Å²) >= 11 is 0. The average Bonchev–Trinajstić information content (AvgIpc) is 3.51. The Kier molecular flexibility index (Phi) is 5.91. The Balaban J connectivity index is 1.17. The second-order valence-corrected chi connectivity index (χ2v) is 11.5. The third-order valence-electron chi connectivity index (χ3n) is 8.76. The molecule has 45 heavy (non-hydrogen) atoms. The molecule has 0 bridgehead atoms. The van der Waals surface area contributed by atoms with Gasteiger partial charge in [-0.05, 0) is 63.7 Å². The van der Waals surface area contributed by atoms with Crippen molar-refractivity contribution < 1.29 is 4.42 Å². The van der Waals surface area contributed by atoms with Gasteiger partial charge in [-0.3, -0.25) is 0 Å². The number of rotatable bonds is 4. The topological polar surface area (TPSA) is 51.8 Å². The fourth-order valence-corrected chi connectivity index (χ4v) is 6.49. The lowest BCUT2D eigenvalue weighted by atomic mass is 9.97. The van der Waals surface area contributed by atoms with Crippen LogP contribution >= 0.6 is 0 Å². The van der Waals surface area contributed by atoms with Gasteiger partial charge < -0.3 is 4.42 Å². The van der Waals surface area contributed by atoms with Crippen LogP contribution in [0.3, 0.4) is 0 Å². The maximum Gasteiger partial charge on any atom is 0.164 e. The number of nitrogens with zero attached hydrogens (tertiary/aromatic N) is 3. The summed E-state index contributed by atoms with van der Waals surface area (Å²) in [6, 6.07) is 42.4. The SMILES string of the molecule is C1=CC(c2nc(-c3ccc(-c4ccc5ccc6ccccc6c5c4)cc3)nc(-c3cccc4oc5ccccc5c34)n2)=CCC1. The van der Waals surface area contributed by atoms with E-state index in [4.69, 9.17) is 19.4 Å². The molecule has 6 aromatic carbocycles. The van der Waals surface area contributed by atoms with E-state index in [0.29, 0.717) is 17.5 Å². The van der Waals surface area contributed by atoms with Crippen molar-refractivity contribution in [3.63, 3.8) is 0 Å². The summed E-state index contributed by atoms with van der Waals surface area (Å²) in [4.78, 5) is 15.1. The molecule has 4 nitrogen and oxygen atoms in total. The van der Waals surface area contributed by atoms with Crippen LogP contribution in [0, 0.1) is 0 Å². The fraction of sp³-hybridized carbons (Fsp3) is 0.0488. The molecular weight excluding hydrogens is 550 g/mol. The molecule has 2 heterocycles. The van der Waals surface area contributed by atoms with Gasteiger partial charge in [0.15, 0.2) is 17.5 Å². The molecule has 0 saturated heterocycles. The molecule has 2 aromatic heterocycles. The van der Waals surface area contributed by atoms with Crippen LogP contribution in [0.25, 0.3) is 83.0 Å². The van der Waals surface area contributed by atoms with Crippen molar-refractivity contribution in [1.82, 2.24) is 15.0 Å². The van der Waals surface area contributed by atoms with Crippen molar-refractivity contribution in [2.45, 2.75) is 12.8 Å². The van der Waals surface area contributed by atoms with Crippen LogP contribution in [0.15, 0.2) is 144 Å². The first-order valence-electron chi connectivity index (χ1n) is 15.3. The van der Waals surface area contributed by atoms with E-state index in [0.717, 1.165) is 57.0 Å². The summed E-state index contributed by atoms with van der Waals surface area (Å²) in [6.45, 7) is 0. The lowest BCUT2D eigenvalue weighted by molar-refractivity contribution is 0.669. The van der Waals surface area contributed by atoms with Crippen LogP contribution in [-0.2, 0) is 0 Å². The Bertz CT molecular complexity index is 2480. The molecule has 0 unspecified atom stereocenters. The van der Waals surface area contributed by atoms with Crippen molar-refractivity contribution in [2.75, 3.05) is 0 Å². The highest BCUT2D eigenvalue weighted by molar-refractivity contribution is 6.12. The van der Waals surface area contributed by atoms with Crippen molar-refractivity contribution in [3.05, 3.63) is 145 Å². The summed E-state index contributed by atoms with van der Waals surface area (Å²) < 4.78 is 6.19. The molecule has 1 aliphatic carbocycles. The molecule has 0 atom stereocenters. The third-order valence-corrected chi connectivity index (χ3v) is 8.76. The molecule has 0 fully saturated rings. The van der Waals surface area contributed by atoms with E-state index in [2.05, 4.69) is 109 Å². The molecule has 1 aliphatic rings. The van der Waals surface area contributed by atoms with Crippen molar-refractivity contribution in [1.29, 1.82) is 0 Å². The summed E-state index contributed by atoms with van der Waals surface area (Å²) in [5.41, 5.74) is 6.90. The Morgan fingerprint density at radius 1 is 0.489 bits per heavy atom. The van der Waals surface area contributed by atoms with E-state index in [1.807, 2.05) is 30.3 Å². The Morgan fingerprint density at radius 3 is 2.04 bits per heavy atom. The summed E-state index contributed by atoms with van der Waals surface area (Å²) in [5.74, 6) is 1.97. The minimum absolute atomic E-state index is 0.637. The van der Waals surface area contributed by atoms with Gasteiger partial charge in [0.1, 0.15) is 11.2 Å². The largest absolute Gasteiger partial charge is 0.456 e. The summed E-state index contributed by atoms with van der Waals surface area (Å²) in [7, 11) is 0. The first-order valence-corrected chi connectivity index (χ1v) is 15.3. The van der Waals surface area contributed by atoms with Crippen LogP contribution < -0.4 is 0 Å². The first-order chi connectivity index (χ1) is 22.3. The minimum atomic E-state index is 0.637. The van der Waals surface area contributed by atoms with Gasteiger partial charge in [-0.15, -0.1) is 0 Å². The van der Waals surface area contributed by atoms with Gasteiger partial charge >= 0.3 is 0 Å². The highest BCUT2D eigenvalue weighted by Gasteiger charge is 2.18. The zero-order valence-corrected chi connectivity index (χ0v) is 24.4. The van der Waals surface area contributed by atoms with Crippen LogP contribution in [-0.4, -0.2) is 15.0 Å². The zero-order valence-electron chi connectivity index (χ0n) is 24.4. The van der Waals surface area contributed by atoms with Crippen LogP contribution in [0.2, 0.25) is 0 Å². The van der Waals surface area contributed by atoms with E-state index in [1.165, 1.54) is 27.1 Å². The second-order valence-electron chi connectivity index (χ2n) is 11.5. The predicted octanol–water partition coefficient (Wildman–Crippen LogP) is 10.8. The summed E-state index contributed by atoms with van der Waals surface area (Å²) in [5, 5.41) is 7.09. The number of para-hydroxylation sites is 1. The van der Waals surface area contributed by atoms with Crippen molar-refractivity contribution in [2.24, 2.45) is 0 Å². The minimum Gasteiger partial charge on any atom is -0.456 e. The average molecular weight is 578 g/mol. The van der Waals surface area contributed by atoms with E-state index in [9.17, 15) is 0 Å². The van der Waals surface area contributed by atoms with Gasteiger partial charge in [0.2, 0.25) is 0 Å². The van der Waals surface area contributed by atoms with Crippen molar-refractivity contribution >= 4 is 49.1 Å². The highest BCUT2D eigenvalue weighted by Crippen LogP contribution is 2.37. The van der Waals surface area contributed by atoms with Gasteiger partial charge in [0.25, 0.3) is 0 Å². The maximum atomic E-state index is 6.19. The predicted molar refractivity (Wildman–Crippen MR) is 185 cm³/mol. The van der Waals surface area contributed by atoms with Crippen LogP contribution in [0.5, 0.6) is 0 Å². The molecule has 0 saturated carbocycles. The van der Waals surface area contributed by atoms with Crippen molar-refractivity contribution in [3.8, 4) is 33.9 Å².